The van der Waals surface area contributed by atoms with E-state index in [1.807, 2.05) is 31.2 Å². The minimum atomic E-state index is 0.645. The van der Waals surface area contributed by atoms with Gasteiger partial charge in [-0.25, -0.2) is 15.8 Å². The van der Waals surface area contributed by atoms with Gasteiger partial charge in [0, 0.05) is 15.7 Å². The number of anilines is 3. The largest absolute Gasteiger partial charge is 0.340 e. The molecule has 0 aliphatic rings. The summed E-state index contributed by atoms with van der Waals surface area (Å²) >= 11 is 3.40. The summed E-state index contributed by atoms with van der Waals surface area (Å²) in [5.41, 5.74) is 4.51. The molecule has 0 atom stereocenters. The van der Waals surface area contributed by atoms with E-state index in [1.165, 1.54) is 6.33 Å². The first kappa shape index (κ1) is 12.8. The van der Waals surface area contributed by atoms with E-state index < -0.39 is 0 Å². The molecule has 94 valence electrons. The monoisotopic (exact) mass is 307 g/mol. The highest BCUT2D eigenvalue weighted by molar-refractivity contribution is 9.10. The van der Waals surface area contributed by atoms with Gasteiger partial charge in [0.25, 0.3) is 0 Å². The third kappa shape index (κ3) is 2.77. The number of nitrogens with two attached hydrogens (primary N) is 1. The number of nitrogens with one attached hydrogen (secondary N) is 2. The predicted octanol–water partition coefficient (Wildman–Crippen LogP) is 2.83. The predicted molar refractivity (Wildman–Crippen MR) is 76.6 cm³/mol. The van der Waals surface area contributed by atoms with Gasteiger partial charge in [-0.1, -0.05) is 22.9 Å². The molecular weight excluding hydrogens is 294 g/mol. The molecule has 1 heterocycles. The molecule has 0 aliphatic heterocycles. The summed E-state index contributed by atoms with van der Waals surface area (Å²) in [5, 5.41) is 3.26. The lowest BCUT2D eigenvalue weighted by molar-refractivity contribution is 1.04. The Morgan fingerprint density at radius 1 is 1.17 bits per heavy atom. The van der Waals surface area contributed by atoms with Crippen molar-refractivity contribution >= 4 is 33.3 Å². The number of nitrogen functional groups attached to an aromatic ring is 1. The van der Waals surface area contributed by atoms with E-state index in [0.29, 0.717) is 5.82 Å². The molecule has 0 saturated carbocycles. The summed E-state index contributed by atoms with van der Waals surface area (Å²) in [5.74, 6) is 6.85. The average molecular weight is 308 g/mol. The first-order chi connectivity index (χ1) is 8.74. The van der Waals surface area contributed by atoms with E-state index in [4.69, 9.17) is 5.84 Å². The Bertz CT molecular complexity index is 526. The van der Waals surface area contributed by atoms with Crippen molar-refractivity contribution in [1.82, 2.24) is 9.97 Å². The molecule has 1 aromatic carbocycles. The van der Waals surface area contributed by atoms with Gasteiger partial charge in [0.15, 0.2) is 0 Å². The number of rotatable bonds is 4. The summed E-state index contributed by atoms with van der Waals surface area (Å²) in [6.45, 7) is 2.03. The lowest BCUT2D eigenvalue weighted by Gasteiger charge is -2.12. The van der Waals surface area contributed by atoms with Gasteiger partial charge in [0.1, 0.15) is 18.0 Å². The molecule has 6 heteroatoms. The van der Waals surface area contributed by atoms with Crippen molar-refractivity contribution in [2.45, 2.75) is 13.3 Å². The summed E-state index contributed by atoms with van der Waals surface area (Å²) in [6, 6.07) is 7.89. The molecule has 0 bridgehead atoms. The van der Waals surface area contributed by atoms with Crippen LogP contribution in [-0.2, 0) is 6.42 Å². The topological polar surface area (TPSA) is 75.9 Å². The van der Waals surface area contributed by atoms with Crippen molar-refractivity contribution in [3.05, 3.63) is 40.6 Å². The summed E-state index contributed by atoms with van der Waals surface area (Å²) < 4.78 is 1.04. The molecule has 0 aliphatic carbocycles. The highest BCUT2D eigenvalue weighted by Gasteiger charge is 2.08. The Balaban J connectivity index is 2.31. The fourth-order valence-electron chi connectivity index (χ4n) is 1.65. The molecule has 0 fully saturated rings. The Labute approximate surface area is 114 Å². The molecule has 0 saturated heterocycles. The molecule has 18 heavy (non-hydrogen) atoms. The van der Waals surface area contributed by atoms with Crippen LogP contribution in [0.2, 0.25) is 0 Å². The van der Waals surface area contributed by atoms with Crippen LogP contribution < -0.4 is 16.6 Å². The van der Waals surface area contributed by atoms with Crippen molar-refractivity contribution in [2.75, 3.05) is 10.7 Å². The van der Waals surface area contributed by atoms with Crippen LogP contribution in [0.3, 0.4) is 0 Å². The fraction of sp³-hybridized carbons (Fsp3) is 0.167. The van der Waals surface area contributed by atoms with E-state index >= 15 is 0 Å². The fourth-order valence-corrected chi connectivity index (χ4v) is 1.91. The minimum absolute atomic E-state index is 0.645. The Morgan fingerprint density at radius 3 is 2.44 bits per heavy atom. The molecule has 0 radical (unpaired) electrons. The molecule has 2 aromatic rings. The molecule has 2 rings (SSSR count). The van der Waals surface area contributed by atoms with E-state index in [1.54, 1.807) is 0 Å². The summed E-state index contributed by atoms with van der Waals surface area (Å²) in [6.07, 6.45) is 2.27. The zero-order valence-electron chi connectivity index (χ0n) is 9.94. The number of hydrogen-bond acceptors (Lipinski definition) is 5. The highest BCUT2D eigenvalue weighted by atomic mass is 79.9. The van der Waals surface area contributed by atoms with Crippen LogP contribution in [0.5, 0.6) is 0 Å². The quantitative estimate of drug-likeness (QED) is 0.598. The van der Waals surface area contributed by atoms with E-state index in [0.717, 1.165) is 28.0 Å². The maximum atomic E-state index is 5.43. The number of nitrogens with zero attached hydrogens (tertiary/aromatic N) is 2. The number of hydrazine groups is 1. The number of halogens is 1. The van der Waals surface area contributed by atoms with Crippen molar-refractivity contribution in [1.29, 1.82) is 0 Å². The van der Waals surface area contributed by atoms with Gasteiger partial charge in [0.05, 0.1) is 0 Å². The first-order valence-electron chi connectivity index (χ1n) is 5.57. The number of hydrogen-bond donors (Lipinski definition) is 3. The van der Waals surface area contributed by atoms with Crippen molar-refractivity contribution < 1.29 is 0 Å². The SMILES string of the molecule is CCc1c(NN)ncnc1Nc1ccc(Br)cc1. The van der Waals surface area contributed by atoms with Gasteiger partial charge >= 0.3 is 0 Å². The van der Waals surface area contributed by atoms with Crippen LogP contribution in [-0.4, -0.2) is 9.97 Å². The van der Waals surface area contributed by atoms with Gasteiger partial charge in [-0.2, -0.15) is 0 Å². The lowest BCUT2D eigenvalue weighted by Crippen LogP contribution is -2.13. The number of benzene rings is 1. The second-order valence-electron chi connectivity index (χ2n) is 3.68. The van der Waals surface area contributed by atoms with Crippen molar-refractivity contribution in [2.24, 2.45) is 5.84 Å². The highest BCUT2D eigenvalue weighted by Crippen LogP contribution is 2.24. The third-order valence-electron chi connectivity index (χ3n) is 2.54. The summed E-state index contributed by atoms with van der Waals surface area (Å²) in [4.78, 5) is 8.34. The standard InChI is InChI=1S/C12H14BrN5/c1-2-10-11(15-7-16-12(10)18-14)17-9-5-3-8(13)4-6-9/h3-7H,2,14H2,1H3,(H2,15,16,17,18). The van der Waals surface area contributed by atoms with E-state index in [2.05, 4.69) is 36.6 Å². The first-order valence-corrected chi connectivity index (χ1v) is 6.37. The number of aromatic nitrogens is 2. The molecular formula is C12H14BrN5. The van der Waals surface area contributed by atoms with Crippen LogP contribution in [0.4, 0.5) is 17.3 Å². The molecule has 5 nitrogen and oxygen atoms in total. The Morgan fingerprint density at radius 2 is 1.83 bits per heavy atom. The maximum Gasteiger partial charge on any atom is 0.148 e. The zero-order chi connectivity index (χ0) is 13.0. The van der Waals surface area contributed by atoms with E-state index in [9.17, 15) is 0 Å². The van der Waals surface area contributed by atoms with Gasteiger partial charge in [-0.05, 0) is 30.7 Å². The van der Waals surface area contributed by atoms with Gasteiger partial charge < -0.3 is 10.7 Å². The Kier molecular flexibility index (Phi) is 4.11. The van der Waals surface area contributed by atoms with Crippen molar-refractivity contribution in [3.63, 3.8) is 0 Å². The molecule has 0 amide bonds. The van der Waals surface area contributed by atoms with Gasteiger partial charge in [-0.15, -0.1) is 0 Å². The maximum absolute atomic E-state index is 5.43. The van der Waals surface area contributed by atoms with Crippen LogP contribution in [0, 0.1) is 0 Å². The van der Waals surface area contributed by atoms with Crippen LogP contribution in [0.15, 0.2) is 35.1 Å². The average Bonchev–Trinajstić information content (AvgIpc) is 2.41. The second-order valence-corrected chi connectivity index (χ2v) is 4.59. The summed E-state index contributed by atoms with van der Waals surface area (Å²) in [7, 11) is 0. The third-order valence-corrected chi connectivity index (χ3v) is 3.07. The zero-order valence-corrected chi connectivity index (χ0v) is 11.5. The molecule has 1 aromatic heterocycles. The molecule has 4 N–H and O–H groups in total. The van der Waals surface area contributed by atoms with E-state index in [-0.39, 0.29) is 0 Å². The Hall–Kier alpha value is -1.66. The van der Waals surface area contributed by atoms with Crippen LogP contribution in [0.25, 0.3) is 0 Å². The van der Waals surface area contributed by atoms with Crippen LogP contribution >= 0.6 is 15.9 Å². The molecule has 0 unspecified atom stereocenters. The second kappa shape index (κ2) is 5.79. The van der Waals surface area contributed by atoms with Gasteiger partial charge in [0.2, 0.25) is 0 Å². The smallest absolute Gasteiger partial charge is 0.148 e. The molecule has 0 spiro atoms. The van der Waals surface area contributed by atoms with Gasteiger partial charge in [-0.3, -0.25) is 0 Å². The minimum Gasteiger partial charge on any atom is -0.340 e. The van der Waals surface area contributed by atoms with Crippen LogP contribution in [0.1, 0.15) is 12.5 Å². The lowest BCUT2D eigenvalue weighted by atomic mass is 10.2. The van der Waals surface area contributed by atoms with Crippen molar-refractivity contribution in [3.8, 4) is 0 Å². The normalized spacial score (nSPS) is 10.2.